The van der Waals surface area contributed by atoms with Gasteiger partial charge in [0, 0.05) is 0 Å². The van der Waals surface area contributed by atoms with Crippen LogP contribution in [0.1, 0.15) is 32.8 Å². The van der Waals surface area contributed by atoms with Crippen molar-refractivity contribution in [1.29, 1.82) is 0 Å². The fraction of sp³-hybridized carbons (Fsp3) is 0.538. The lowest BCUT2D eigenvalue weighted by Crippen LogP contribution is -2.12. The lowest BCUT2D eigenvalue weighted by atomic mass is 9.93. The van der Waals surface area contributed by atoms with Crippen LogP contribution in [0.2, 0.25) is 5.02 Å². The monoisotopic (exact) mass is 280 g/mol. The van der Waals surface area contributed by atoms with E-state index < -0.39 is 11.7 Å². The predicted molar refractivity (Wildman–Crippen MR) is 66.0 cm³/mol. The second-order valence-electron chi connectivity index (χ2n) is 5.30. The fourth-order valence-electron chi connectivity index (χ4n) is 1.29. The molecule has 0 unspecified atom stereocenters. The van der Waals surface area contributed by atoms with Gasteiger partial charge in [0.2, 0.25) is 0 Å². The second kappa shape index (κ2) is 5.39. The third-order valence-corrected chi connectivity index (χ3v) is 2.69. The molecule has 0 fully saturated rings. The highest BCUT2D eigenvalue weighted by molar-refractivity contribution is 6.31. The molecule has 0 heterocycles. The van der Waals surface area contributed by atoms with Gasteiger partial charge >= 0.3 is 6.18 Å². The maximum absolute atomic E-state index is 12.6. The molecule has 0 bridgehead atoms. The zero-order chi connectivity index (χ0) is 14.0. The van der Waals surface area contributed by atoms with Crippen molar-refractivity contribution in [2.45, 2.75) is 33.4 Å². The first-order valence-corrected chi connectivity index (χ1v) is 5.97. The molecule has 0 N–H and O–H groups in total. The highest BCUT2D eigenvalue weighted by Gasteiger charge is 2.33. The SMILES string of the molecule is CC(C)(C)CCOc1ccc(Cl)c(C(F)(F)F)c1. The smallest absolute Gasteiger partial charge is 0.417 e. The lowest BCUT2D eigenvalue weighted by Gasteiger charge is -2.18. The first-order valence-electron chi connectivity index (χ1n) is 5.59. The quantitative estimate of drug-likeness (QED) is 0.742. The average Bonchev–Trinajstić information content (AvgIpc) is 2.17. The largest absolute Gasteiger partial charge is 0.494 e. The average molecular weight is 281 g/mol. The molecule has 102 valence electrons. The molecule has 18 heavy (non-hydrogen) atoms. The van der Waals surface area contributed by atoms with Crippen LogP contribution in [0.25, 0.3) is 0 Å². The molecule has 0 amide bonds. The van der Waals surface area contributed by atoms with Crippen molar-refractivity contribution in [1.82, 2.24) is 0 Å². The molecule has 0 aliphatic carbocycles. The number of rotatable bonds is 3. The van der Waals surface area contributed by atoms with Gasteiger partial charge in [0.05, 0.1) is 17.2 Å². The number of halogens is 4. The highest BCUT2D eigenvalue weighted by Crippen LogP contribution is 2.36. The molecular weight excluding hydrogens is 265 g/mol. The summed E-state index contributed by atoms with van der Waals surface area (Å²) in [7, 11) is 0. The minimum atomic E-state index is -4.46. The summed E-state index contributed by atoms with van der Waals surface area (Å²) < 4.78 is 43.1. The molecule has 1 aromatic carbocycles. The number of benzene rings is 1. The Kier molecular flexibility index (Phi) is 4.54. The Labute approximate surface area is 110 Å². The maximum atomic E-state index is 12.6. The molecule has 0 radical (unpaired) electrons. The third-order valence-electron chi connectivity index (χ3n) is 2.36. The summed E-state index contributed by atoms with van der Waals surface area (Å²) in [6.45, 7) is 6.50. The predicted octanol–water partition coefficient (Wildman–Crippen LogP) is 5.17. The van der Waals surface area contributed by atoms with Gasteiger partial charge in [-0.2, -0.15) is 13.2 Å². The van der Waals surface area contributed by atoms with Crippen LogP contribution in [0.15, 0.2) is 18.2 Å². The lowest BCUT2D eigenvalue weighted by molar-refractivity contribution is -0.137. The molecule has 1 nitrogen and oxygen atoms in total. The number of ether oxygens (including phenoxy) is 1. The molecule has 0 aliphatic heterocycles. The topological polar surface area (TPSA) is 9.23 Å². The highest BCUT2D eigenvalue weighted by atomic mass is 35.5. The van der Waals surface area contributed by atoms with Crippen LogP contribution < -0.4 is 4.74 Å². The number of hydrogen-bond acceptors (Lipinski definition) is 1. The van der Waals surface area contributed by atoms with Gasteiger partial charge in [-0.3, -0.25) is 0 Å². The van der Waals surface area contributed by atoms with E-state index in [1.165, 1.54) is 12.1 Å². The maximum Gasteiger partial charge on any atom is 0.417 e. The standard InChI is InChI=1S/C13H16ClF3O/c1-12(2,3)6-7-18-9-4-5-11(14)10(8-9)13(15,16)17/h4-5,8H,6-7H2,1-3H3. The van der Waals surface area contributed by atoms with E-state index in [1.54, 1.807) is 0 Å². The van der Waals surface area contributed by atoms with Crippen LogP contribution in [0.5, 0.6) is 5.75 Å². The fourth-order valence-corrected chi connectivity index (χ4v) is 1.51. The minimum Gasteiger partial charge on any atom is -0.494 e. The van der Waals surface area contributed by atoms with Crippen molar-refractivity contribution in [3.8, 4) is 5.75 Å². The number of hydrogen-bond donors (Lipinski definition) is 0. The van der Waals surface area contributed by atoms with Crippen LogP contribution in [0, 0.1) is 5.41 Å². The molecule has 0 aliphatic rings. The molecule has 1 rings (SSSR count). The van der Waals surface area contributed by atoms with Crippen LogP contribution >= 0.6 is 11.6 Å². The first-order chi connectivity index (χ1) is 8.09. The van der Waals surface area contributed by atoms with E-state index in [2.05, 4.69) is 0 Å². The zero-order valence-electron chi connectivity index (χ0n) is 10.6. The summed E-state index contributed by atoms with van der Waals surface area (Å²) in [5.41, 5.74) is -0.781. The normalized spacial score (nSPS) is 12.6. The van der Waals surface area contributed by atoms with E-state index in [4.69, 9.17) is 16.3 Å². The van der Waals surface area contributed by atoms with E-state index >= 15 is 0 Å². The first kappa shape index (κ1) is 15.2. The van der Waals surface area contributed by atoms with Crippen molar-refractivity contribution in [3.05, 3.63) is 28.8 Å². The van der Waals surface area contributed by atoms with Gasteiger partial charge < -0.3 is 4.74 Å². The van der Waals surface area contributed by atoms with Crippen molar-refractivity contribution in [3.63, 3.8) is 0 Å². The van der Waals surface area contributed by atoms with Gasteiger partial charge in [0.1, 0.15) is 5.75 Å². The van der Waals surface area contributed by atoms with Gasteiger partial charge in [-0.15, -0.1) is 0 Å². The van der Waals surface area contributed by atoms with Crippen LogP contribution in [0.4, 0.5) is 13.2 Å². The Hall–Kier alpha value is -0.900. The summed E-state index contributed by atoms with van der Waals surface area (Å²) in [5, 5.41) is -0.314. The van der Waals surface area contributed by atoms with Crippen molar-refractivity contribution >= 4 is 11.6 Å². The van der Waals surface area contributed by atoms with Gasteiger partial charge in [-0.25, -0.2) is 0 Å². The summed E-state index contributed by atoms with van der Waals surface area (Å²) in [5.74, 6) is 0.191. The molecule has 0 spiro atoms. The molecule has 1 aromatic rings. The Bertz CT molecular complexity index is 408. The van der Waals surface area contributed by atoms with Crippen LogP contribution in [-0.4, -0.2) is 6.61 Å². The summed E-state index contributed by atoms with van der Waals surface area (Å²) in [4.78, 5) is 0. The summed E-state index contributed by atoms with van der Waals surface area (Å²) in [6.07, 6.45) is -3.70. The summed E-state index contributed by atoms with van der Waals surface area (Å²) >= 11 is 5.51. The molecule has 0 saturated heterocycles. The Morgan fingerprint density at radius 1 is 1.17 bits per heavy atom. The molecule has 0 atom stereocenters. The second-order valence-corrected chi connectivity index (χ2v) is 5.71. The molecule has 0 aromatic heterocycles. The Balaban J connectivity index is 2.74. The zero-order valence-corrected chi connectivity index (χ0v) is 11.3. The Morgan fingerprint density at radius 2 is 1.78 bits per heavy atom. The summed E-state index contributed by atoms with van der Waals surface area (Å²) in [6, 6.07) is 3.59. The van der Waals surface area contributed by atoms with E-state index in [1.807, 2.05) is 20.8 Å². The van der Waals surface area contributed by atoms with Crippen molar-refractivity contribution in [2.24, 2.45) is 5.41 Å². The van der Waals surface area contributed by atoms with Gasteiger partial charge in [-0.1, -0.05) is 32.4 Å². The van der Waals surface area contributed by atoms with Gasteiger partial charge in [0.25, 0.3) is 0 Å². The molecule has 0 saturated carbocycles. The van der Waals surface area contributed by atoms with Gasteiger partial charge in [-0.05, 0) is 30.0 Å². The minimum absolute atomic E-state index is 0.0826. The molecular formula is C13H16ClF3O. The molecule has 5 heteroatoms. The van der Waals surface area contributed by atoms with E-state index in [0.29, 0.717) is 6.61 Å². The van der Waals surface area contributed by atoms with Crippen molar-refractivity contribution < 1.29 is 17.9 Å². The van der Waals surface area contributed by atoms with Gasteiger partial charge in [0.15, 0.2) is 0 Å². The third kappa shape index (κ3) is 4.77. The van der Waals surface area contributed by atoms with Crippen molar-refractivity contribution in [2.75, 3.05) is 6.61 Å². The number of alkyl halides is 3. The van der Waals surface area contributed by atoms with Crippen LogP contribution in [0.3, 0.4) is 0 Å². The van der Waals surface area contributed by atoms with E-state index in [0.717, 1.165) is 12.5 Å². The Morgan fingerprint density at radius 3 is 2.28 bits per heavy atom. The van der Waals surface area contributed by atoms with E-state index in [-0.39, 0.29) is 16.2 Å². The van der Waals surface area contributed by atoms with Crippen LogP contribution in [-0.2, 0) is 6.18 Å². The van der Waals surface area contributed by atoms with E-state index in [9.17, 15) is 13.2 Å².